The highest BCUT2D eigenvalue weighted by Gasteiger charge is 2.35. The molecular weight excluding hydrogens is 336 g/mol. The molecule has 0 spiro atoms. The molecule has 0 saturated heterocycles. The fraction of sp³-hybridized carbons (Fsp3) is 0.727. The van der Waals surface area contributed by atoms with Crippen LogP contribution in [-0.2, 0) is 4.79 Å². The quantitative estimate of drug-likeness (QED) is 0.781. The predicted molar refractivity (Wildman–Crippen MR) is 107 cm³/mol. The maximum atomic E-state index is 12.9. The lowest BCUT2D eigenvalue weighted by atomic mass is 9.95. The second-order valence-electron chi connectivity index (χ2n) is 8.86. The lowest BCUT2D eigenvalue weighted by Gasteiger charge is -2.27. The van der Waals surface area contributed by atoms with E-state index in [9.17, 15) is 10.1 Å². The second kappa shape index (κ2) is 7.67. The molecule has 3 fully saturated rings. The Morgan fingerprint density at radius 2 is 1.85 bits per heavy atom. The van der Waals surface area contributed by atoms with Crippen LogP contribution < -0.4 is 5.32 Å². The number of aromatic nitrogens is 1. The Balaban J connectivity index is 1.53. The number of nitriles is 1. The first-order chi connectivity index (χ1) is 13.1. The number of nitrogens with zero attached hydrogens (tertiary/aromatic N) is 3. The van der Waals surface area contributed by atoms with Crippen LogP contribution in [0.4, 0.5) is 5.82 Å². The van der Waals surface area contributed by atoms with Gasteiger partial charge >= 0.3 is 0 Å². The number of carbonyl (C=O) groups is 1. The van der Waals surface area contributed by atoms with Gasteiger partial charge in [0.2, 0.25) is 5.91 Å². The zero-order chi connectivity index (χ0) is 19.0. The zero-order valence-electron chi connectivity index (χ0n) is 16.8. The van der Waals surface area contributed by atoms with E-state index < -0.39 is 0 Å². The van der Waals surface area contributed by atoms with Gasteiger partial charge in [0, 0.05) is 24.3 Å². The van der Waals surface area contributed by atoms with E-state index in [2.05, 4.69) is 27.8 Å². The van der Waals surface area contributed by atoms with Crippen LogP contribution >= 0.6 is 0 Å². The van der Waals surface area contributed by atoms with Gasteiger partial charge in [-0.25, -0.2) is 0 Å². The Labute approximate surface area is 162 Å². The lowest BCUT2D eigenvalue weighted by Crippen LogP contribution is -2.37. The molecule has 0 atom stereocenters. The zero-order valence-corrected chi connectivity index (χ0v) is 16.8. The molecule has 3 saturated carbocycles. The molecule has 1 aromatic heterocycles. The summed E-state index contributed by atoms with van der Waals surface area (Å²) in [6.45, 7) is 5.61. The highest BCUT2D eigenvalue weighted by molar-refractivity contribution is 5.93. The Bertz CT molecular complexity index is 745. The third kappa shape index (κ3) is 4.06. The van der Waals surface area contributed by atoms with Crippen molar-refractivity contribution < 1.29 is 4.79 Å². The number of nitrogens with one attached hydrogen (secondary N) is 1. The molecule has 0 radical (unpaired) electrons. The fourth-order valence-corrected chi connectivity index (χ4v) is 4.65. The standard InChI is InChI=1S/C22H32N4O/c1-15-16(2)26(19-6-4-3-5-7-19)22(20(15)12-23)24-21(27)14-25(18-10-11-18)13-17-8-9-17/h17-19H,3-11,13-14H2,1-2H3,(H,24,27). The van der Waals surface area contributed by atoms with Gasteiger partial charge < -0.3 is 9.88 Å². The number of hydrogen-bond donors (Lipinski definition) is 1. The monoisotopic (exact) mass is 368 g/mol. The molecule has 0 aliphatic heterocycles. The summed E-state index contributed by atoms with van der Waals surface area (Å²) >= 11 is 0. The number of carbonyl (C=O) groups excluding carboxylic acids is 1. The fourth-order valence-electron chi connectivity index (χ4n) is 4.65. The van der Waals surface area contributed by atoms with Crippen LogP contribution in [0.25, 0.3) is 0 Å². The van der Waals surface area contributed by atoms with E-state index in [1.54, 1.807) is 0 Å². The van der Waals surface area contributed by atoms with E-state index in [0.29, 0.717) is 24.2 Å². The van der Waals surface area contributed by atoms with E-state index in [-0.39, 0.29) is 5.91 Å². The van der Waals surface area contributed by atoms with Gasteiger partial charge in [-0.2, -0.15) is 5.26 Å². The highest BCUT2D eigenvalue weighted by Crippen LogP contribution is 2.37. The van der Waals surface area contributed by atoms with Gasteiger partial charge in [0.1, 0.15) is 11.9 Å². The molecule has 0 unspecified atom stereocenters. The normalized spacial score (nSPS) is 20.7. The van der Waals surface area contributed by atoms with Gasteiger partial charge in [-0.1, -0.05) is 19.3 Å². The molecule has 0 aromatic carbocycles. The van der Waals surface area contributed by atoms with Crippen molar-refractivity contribution in [1.82, 2.24) is 9.47 Å². The first kappa shape index (κ1) is 18.6. The van der Waals surface area contributed by atoms with Crippen molar-refractivity contribution in [1.29, 1.82) is 5.26 Å². The van der Waals surface area contributed by atoms with Crippen LogP contribution in [0, 0.1) is 31.1 Å². The summed E-state index contributed by atoms with van der Waals surface area (Å²) in [6, 6.07) is 3.35. The number of rotatable bonds is 7. The molecule has 1 heterocycles. The van der Waals surface area contributed by atoms with Crippen molar-refractivity contribution in [2.24, 2.45) is 5.92 Å². The average molecular weight is 369 g/mol. The van der Waals surface area contributed by atoms with E-state index in [0.717, 1.165) is 42.4 Å². The largest absolute Gasteiger partial charge is 0.327 e. The average Bonchev–Trinajstić information content (AvgIpc) is 3.56. The van der Waals surface area contributed by atoms with E-state index in [1.165, 1.54) is 44.9 Å². The van der Waals surface area contributed by atoms with E-state index in [1.807, 2.05) is 6.92 Å². The third-order valence-electron chi connectivity index (χ3n) is 6.67. The Morgan fingerprint density at radius 3 is 2.44 bits per heavy atom. The molecule has 1 aromatic rings. The molecule has 27 heavy (non-hydrogen) atoms. The van der Waals surface area contributed by atoms with Crippen LogP contribution in [0.15, 0.2) is 0 Å². The Hall–Kier alpha value is -1.80. The van der Waals surface area contributed by atoms with Crippen molar-refractivity contribution in [3.05, 3.63) is 16.8 Å². The molecule has 5 nitrogen and oxygen atoms in total. The molecule has 5 heteroatoms. The van der Waals surface area contributed by atoms with Gasteiger partial charge in [0.05, 0.1) is 12.1 Å². The second-order valence-corrected chi connectivity index (χ2v) is 8.86. The van der Waals surface area contributed by atoms with Gasteiger partial charge in [-0.3, -0.25) is 9.69 Å². The Kier molecular flexibility index (Phi) is 5.27. The van der Waals surface area contributed by atoms with Crippen LogP contribution in [0.5, 0.6) is 0 Å². The maximum Gasteiger partial charge on any atom is 0.239 e. The van der Waals surface area contributed by atoms with Gasteiger partial charge in [0.15, 0.2) is 0 Å². The first-order valence-corrected chi connectivity index (χ1v) is 10.7. The summed E-state index contributed by atoms with van der Waals surface area (Å²) in [5, 5.41) is 12.9. The maximum absolute atomic E-state index is 12.9. The third-order valence-corrected chi connectivity index (χ3v) is 6.67. The summed E-state index contributed by atoms with van der Waals surface area (Å²) in [5.41, 5.74) is 2.78. The molecule has 3 aliphatic carbocycles. The summed E-state index contributed by atoms with van der Waals surface area (Å²) in [5.74, 6) is 1.57. The van der Waals surface area contributed by atoms with Crippen molar-refractivity contribution in [2.45, 2.75) is 83.7 Å². The summed E-state index contributed by atoms with van der Waals surface area (Å²) in [7, 11) is 0. The molecule has 146 valence electrons. The number of amides is 1. The van der Waals surface area contributed by atoms with E-state index in [4.69, 9.17) is 0 Å². The van der Waals surface area contributed by atoms with Crippen molar-refractivity contribution >= 4 is 11.7 Å². The molecular formula is C22H32N4O. The SMILES string of the molecule is Cc1c(C#N)c(NC(=O)CN(CC2CC2)C2CC2)n(C2CCCCC2)c1C. The van der Waals surface area contributed by atoms with Gasteiger partial charge in [-0.05, 0) is 63.9 Å². The van der Waals surface area contributed by atoms with Gasteiger partial charge in [-0.15, -0.1) is 0 Å². The van der Waals surface area contributed by atoms with Crippen LogP contribution in [0.3, 0.4) is 0 Å². The predicted octanol–water partition coefficient (Wildman–Crippen LogP) is 4.29. The van der Waals surface area contributed by atoms with Crippen molar-refractivity contribution in [3.8, 4) is 6.07 Å². The lowest BCUT2D eigenvalue weighted by molar-refractivity contribution is -0.117. The molecule has 3 aliphatic rings. The minimum Gasteiger partial charge on any atom is -0.327 e. The number of hydrogen-bond acceptors (Lipinski definition) is 3. The summed E-state index contributed by atoms with van der Waals surface area (Å²) in [6.07, 6.45) is 11.1. The van der Waals surface area contributed by atoms with Crippen molar-refractivity contribution in [2.75, 3.05) is 18.4 Å². The van der Waals surface area contributed by atoms with Crippen LogP contribution in [0.2, 0.25) is 0 Å². The molecule has 1 amide bonds. The molecule has 4 rings (SSSR count). The molecule has 1 N–H and O–H groups in total. The minimum atomic E-state index is 0.0357. The van der Waals surface area contributed by atoms with E-state index >= 15 is 0 Å². The summed E-state index contributed by atoms with van der Waals surface area (Å²) < 4.78 is 2.26. The minimum absolute atomic E-state index is 0.0357. The van der Waals surface area contributed by atoms with Crippen LogP contribution in [0.1, 0.15) is 80.7 Å². The topological polar surface area (TPSA) is 61.1 Å². The smallest absolute Gasteiger partial charge is 0.239 e. The summed E-state index contributed by atoms with van der Waals surface area (Å²) in [4.78, 5) is 15.3. The Morgan fingerprint density at radius 1 is 1.15 bits per heavy atom. The highest BCUT2D eigenvalue weighted by atomic mass is 16.2. The number of anilines is 1. The first-order valence-electron chi connectivity index (χ1n) is 10.7. The van der Waals surface area contributed by atoms with Crippen molar-refractivity contribution in [3.63, 3.8) is 0 Å². The van der Waals surface area contributed by atoms with Gasteiger partial charge in [0.25, 0.3) is 0 Å². The van der Waals surface area contributed by atoms with Crippen LogP contribution in [-0.4, -0.2) is 34.5 Å². The molecule has 0 bridgehead atoms.